The van der Waals surface area contributed by atoms with E-state index in [0.717, 1.165) is 55.4 Å². The first kappa shape index (κ1) is 21.5. The monoisotopic (exact) mass is 445 g/mol. The van der Waals surface area contributed by atoms with Crippen LogP contribution < -0.4 is 10.6 Å². The second kappa shape index (κ2) is 10.0. The Bertz CT molecular complexity index is 850. The summed E-state index contributed by atoms with van der Waals surface area (Å²) in [6.45, 7) is 2.22. The molecule has 2 fully saturated rings. The van der Waals surface area contributed by atoms with Crippen molar-refractivity contribution in [2.24, 2.45) is 5.92 Å². The molecule has 1 heterocycles. The molecule has 1 aliphatic carbocycles. The molecule has 4 nitrogen and oxygen atoms in total. The third-order valence-corrected chi connectivity index (χ3v) is 6.92. The summed E-state index contributed by atoms with van der Waals surface area (Å²) in [7, 11) is 0. The van der Waals surface area contributed by atoms with Gasteiger partial charge in [0.25, 0.3) is 0 Å². The normalized spacial score (nSPS) is 22.7. The minimum Gasteiger partial charge on any atom is -0.334 e. The summed E-state index contributed by atoms with van der Waals surface area (Å²) in [6.07, 6.45) is 6.90. The molecule has 2 amide bonds. The average molecular weight is 446 g/mol. The molecule has 0 aromatic heterocycles. The minimum absolute atomic E-state index is 0.146. The van der Waals surface area contributed by atoms with Crippen LogP contribution in [0.3, 0.4) is 0 Å². The number of benzene rings is 2. The van der Waals surface area contributed by atoms with Crippen molar-refractivity contribution in [2.45, 2.75) is 50.6 Å². The molecular weight excluding hydrogens is 417 g/mol. The number of hydrogen-bond donors (Lipinski definition) is 2. The Hall–Kier alpha value is -1.75. The maximum absolute atomic E-state index is 12.5. The van der Waals surface area contributed by atoms with Crippen LogP contribution in [0.4, 0.5) is 10.5 Å². The van der Waals surface area contributed by atoms with Crippen LogP contribution in [0.5, 0.6) is 0 Å². The predicted octanol–water partition coefficient (Wildman–Crippen LogP) is 5.99. The lowest BCUT2D eigenvalue weighted by atomic mass is 9.89. The Morgan fingerprint density at radius 1 is 0.967 bits per heavy atom. The first-order chi connectivity index (χ1) is 14.6. The van der Waals surface area contributed by atoms with Crippen molar-refractivity contribution in [2.75, 3.05) is 18.4 Å². The van der Waals surface area contributed by atoms with Crippen LogP contribution in [-0.2, 0) is 6.42 Å². The number of nitrogens with zero attached hydrogens (tertiary/aromatic N) is 1. The molecule has 1 aliphatic heterocycles. The number of amides is 2. The number of urea groups is 1. The van der Waals surface area contributed by atoms with E-state index in [1.54, 1.807) is 12.1 Å². The fraction of sp³-hybridized carbons (Fsp3) is 0.458. The van der Waals surface area contributed by atoms with Crippen molar-refractivity contribution in [3.05, 3.63) is 64.1 Å². The molecule has 4 rings (SSSR count). The van der Waals surface area contributed by atoms with Gasteiger partial charge in [0.15, 0.2) is 0 Å². The van der Waals surface area contributed by atoms with E-state index in [1.165, 1.54) is 18.4 Å². The lowest BCUT2D eigenvalue weighted by Gasteiger charge is -2.38. The number of nitrogens with one attached hydrogen (secondary N) is 2. The van der Waals surface area contributed by atoms with Gasteiger partial charge < -0.3 is 10.6 Å². The number of rotatable bonds is 5. The molecule has 1 saturated heterocycles. The number of carbonyl (C=O) groups is 1. The lowest BCUT2D eigenvalue weighted by molar-refractivity contribution is 0.119. The highest BCUT2D eigenvalue weighted by atomic mass is 35.5. The van der Waals surface area contributed by atoms with Crippen LogP contribution >= 0.6 is 23.2 Å². The lowest BCUT2D eigenvalue weighted by Crippen LogP contribution is -2.52. The van der Waals surface area contributed by atoms with Crippen LogP contribution in [0.15, 0.2) is 48.5 Å². The summed E-state index contributed by atoms with van der Waals surface area (Å²) in [6, 6.07) is 16.0. The van der Waals surface area contributed by atoms with Gasteiger partial charge in [-0.25, -0.2) is 4.79 Å². The zero-order chi connectivity index (χ0) is 20.9. The summed E-state index contributed by atoms with van der Waals surface area (Å²) in [5, 5.41) is 7.53. The van der Waals surface area contributed by atoms with E-state index in [2.05, 4.69) is 27.7 Å². The van der Waals surface area contributed by atoms with E-state index in [4.69, 9.17) is 23.2 Å². The largest absolute Gasteiger partial charge is 0.334 e. The number of piperidine rings is 1. The number of likely N-dealkylation sites (tertiary alicyclic amines) is 1. The van der Waals surface area contributed by atoms with Gasteiger partial charge in [0.1, 0.15) is 0 Å². The van der Waals surface area contributed by atoms with Crippen LogP contribution in [0.2, 0.25) is 10.0 Å². The molecule has 0 unspecified atom stereocenters. The Morgan fingerprint density at radius 3 is 2.47 bits per heavy atom. The average Bonchev–Trinajstić information content (AvgIpc) is 3.18. The molecule has 2 aromatic rings. The van der Waals surface area contributed by atoms with Crippen molar-refractivity contribution in [1.82, 2.24) is 10.2 Å². The maximum atomic E-state index is 12.5. The van der Waals surface area contributed by atoms with E-state index in [1.807, 2.05) is 24.3 Å². The van der Waals surface area contributed by atoms with Crippen molar-refractivity contribution in [3.63, 3.8) is 0 Å². The molecule has 6 heteroatoms. The van der Waals surface area contributed by atoms with Crippen LogP contribution in [0, 0.1) is 5.92 Å². The van der Waals surface area contributed by atoms with Crippen LogP contribution in [-0.4, -0.2) is 36.1 Å². The SMILES string of the molecule is O=C(Nc1cccc(Cl)c1)N[C@@H]1CCC[C@H]1N1CCC(Cc2ccc(Cl)cc2)CC1. The van der Waals surface area contributed by atoms with Gasteiger partial charge in [0.2, 0.25) is 0 Å². The summed E-state index contributed by atoms with van der Waals surface area (Å²) in [5.74, 6) is 0.723. The van der Waals surface area contributed by atoms with Crippen molar-refractivity contribution in [1.29, 1.82) is 0 Å². The zero-order valence-corrected chi connectivity index (χ0v) is 18.6. The standard InChI is InChI=1S/C24H29Cl2N3O/c25-19-9-7-17(8-10-19)15-18-11-13-29(14-12-18)23-6-2-5-22(23)28-24(30)27-21-4-1-3-20(26)16-21/h1,3-4,7-10,16,18,22-23H,2,5-6,11-15H2,(H2,27,28,30)/t22-,23-/m1/s1. The van der Waals surface area contributed by atoms with Gasteiger partial charge in [-0.2, -0.15) is 0 Å². The highest BCUT2D eigenvalue weighted by Gasteiger charge is 2.35. The molecule has 0 spiro atoms. The van der Waals surface area contributed by atoms with Gasteiger partial charge in [-0.3, -0.25) is 4.90 Å². The van der Waals surface area contributed by atoms with Gasteiger partial charge in [-0.05, 0) is 93.4 Å². The Kier molecular flexibility index (Phi) is 7.19. The van der Waals surface area contributed by atoms with Crippen molar-refractivity contribution >= 4 is 34.9 Å². The fourth-order valence-corrected chi connectivity index (χ4v) is 5.21. The predicted molar refractivity (Wildman–Crippen MR) is 124 cm³/mol. The first-order valence-electron chi connectivity index (χ1n) is 10.9. The summed E-state index contributed by atoms with van der Waals surface area (Å²) < 4.78 is 0. The van der Waals surface area contributed by atoms with Gasteiger partial charge >= 0.3 is 6.03 Å². The quantitative estimate of drug-likeness (QED) is 0.593. The van der Waals surface area contributed by atoms with Crippen LogP contribution in [0.25, 0.3) is 0 Å². The smallest absolute Gasteiger partial charge is 0.319 e. The molecule has 2 aliphatic rings. The van der Waals surface area contributed by atoms with Crippen molar-refractivity contribution < 1.29 is 4.79 Å². The van der Waals surface area contributed by atoms with Gasteiger partial charge in [-0.15, -0.1) is 0 Å². The van der Waals surface area contributed by atoms with E-state index >= 15 is 0 Å². The number of anilines is 1. The summed E-state index contributed by atoms with van der Waals surface area (Å²) in [4.78, 5) is 15.1. The Labute approximate surface area is 188 Å². The van der Waals surface area contributed by atoms with E-state index in [0.29, 0.717) is 11.1 Å². The van der Waals surface area contributed by atoms with Crippen LogP contribution in [0.1, 0.15) is 37.7 Å². The molecular formula is C24H29Cl2N3O. The van der Waals surface area contributed by atoms with Gasteiger partial charge in [-0.1, -0.05) is 41.4 Å². The Morgan fingerprint density at radius 2 is 1.73 bits per heavy atom. The minimum atomic E-state index is -0.146. The van der Waals surface area contributed by atoms with E-state index in [-0.39, 0.29) is 12.1 Å². The topological polar surface area (TPSA) is 44.4 Å². The first-order valence-corrected chi connectivity index (χ1v) is 11.6. The molecule has 1 saturated carbocycles. The second-order valence-corrected chi connectivity index (χ2v) is 9.40. The highest BCUT2D eigenvalue weighted by Crippen LogP contribution is 2.30. The van der Waals surface area contributed by atoms with Gasteiger partial charge in [0.05, 0.1) is 0 Å². The molecule has 0 radical (unpaired) electrons. The van der Waals surface area contributed by atoms with E-state index < -0.39 is 0 Å². The molecule has 2 N–H and O–H groups in total. The number of halogens is 2. The van der Waals surface area contributed by atoms with E-state index in [9.17, 15) is 4.79 Å². The molecule has 0 bridgehead atoms. The second-order valence-electron chi connectivity index (χ2n) is 8.52. The zero-order valence-electron chi connectivity index (χ0n) is 17.1. The molecule has 2 atom stereocenters. The maximum Gasteiger partial charge on any atom is 0.319 e. The summed E-state index contributed by atoms with van der Waals surface area (Å²) >= 11 is 12.0. The highest BCUT2D eigenvalue weighted by molar-refractivity contribution is 6.31. The fourth-order valence-electron chi connectivity index (χ4n) is 4.89. The summed E-state index contributed by atoms with van der Waals surface area (Å²) in [5.41, 5.74) is 2.09. The molecule has 160 valence electrons. The van der Waals surface area contributed by atoms with Gasteiger partial charge in [0, 0.05) is 27.8 Å². The Balaban J connectivity index is 1.26. The third-order valence-electron chi connectivity index (χ3n) is 6.43. The third kappa shape index (κ3) is 5.69. The molecule has 2 aromatic carbocycles. The number of carbonyl (C=O) groups excluding carboxylic acids is 1. The number of hydrogen-bond acceptors (Lipinski definition) is 2. The molecule has 30 heavy (non-hydrogen) atoms. The van der Waals surface area contributed by atoms with Crippen molar-refractivity contribution in [3.8, 4) is 0 Å².